The lowest BCUT2D eigenvalue weighted by molar-refractivity contribution is -0.143. The molecular weight excluding hydrogens is 359 g/mol. The molecule has 0 spiro atoms. The largest absolute Gasteiger partial charge is 0.379 e. The Morgan fingerprint density at radius 3 is 2.86 bits per heavy atom. The van der Waals surface area contributed by atoms with Gasteiger partial charge in [0, 0.05) is 42.9 Å². The highest BCUT2D eigenvalue weighted by Crippen LogP contribution is 2.44. The monoisotopic (exact) mass is 382 g/mol. The summed E-state index contributed by atoms with van der Waals surface area (Å²) in [5.74, 6) is -0.352. The van der Waals surface area contributed by atoms with Crippen molar-refractivity contribution < 1.29 is 13.9 Å². The molecule has 3 aliphatic rings. The number of rotatable bonds is 3. The lowest BCUT2D eigenvalue weighted by atomic mass is 9.95. The maximum Gasteiger partial charge on any atom is 0.245 e. The van der Waals surface area contributed by atoms with E-state index in [1.54, 1.807) is 24.5 Å². The molecule has 28 heavy (non-hydrogen) atoms. The molecular formula is C21H23FN4O2. The summed E-state index contributed by atoms with van der Waals surface area (Å²) >= 11 is 0. The van der Waals surface area contributed by atoms with Gasteiger partial charge in [0.25, 0.3) is 0 Å². The smallest absolute Gasteiger partial charge is 0.245 e. The number of morpholine rings is 1. The van der Waals surface area contributed by atoms with Gasteiger partial charge in [0.15, 0.2) is 0 Å². The molecule has 6 nitrogen and oxygen atoms in total. The van der Waals surface area contributed by atoms with Crippen molar-refractivity contribution in [3.63, 3.8) is 0 Å². The van der Waals surface area contributed by atoms with E-state index in [0.29, 0.717) is 31.9 Å². The van der Waals surface area contributed by atoms with Crippen molar-refractivity contribution in [2.24, 2.45) is 0 Å². The van der Waals surface area contributed by atoms with Crippen LogP contribution in [0.2, 0.25) is 0 Å². The minimum absolute atomic E-state index is 0.0160. The fraction of sp³-hybridized carbons (Fsp3) is 0.476. The number of halogens is 1. The lowest BCUT2D eigenvalue weighted by Gasteiger charge is -2.41. The Kier molecular flexibility index (Phi) is 4.56. The second-order valence-electron chi connectivity index (χ2n) is 7.69. The van der Waals surface area contributed by atoms with Crippen LogP contribution < -0.4 is 0 Å². The molecule has 4 heterocycles. The molecule has 0 N–H and O–H groups in total. The second-order valence-corrected chi connectivity index (χ2v) is 7.69. The van der Waals surface area contributed by atoms with Crippen molar-refractivity contribution >= 4 is 5.91 Å². The maximum absolute atomic E-state index is 14.7. The number of amides is 1. The topological polar surface area (TPSA) is 58.6 Å². The van der Waals surface area contributed by atoms with Crippen LogP contribution in [-0.4, -0.2) is 58.0 Å². The first-order valence-electron chi connectivity index (χ1n) is 9.91. The van der Waals surface area contributed by atoms with Crippen molar-refractivity contribution in [3.05, 3.63) is 59.4 Å². The molecule has 1 amide bonds. The highest BCUT2D eigenvalue weighted by molar-refractivity contribution is 5.85. The van der Waals surface area contributed by atoms with Crippen LogP contribution in [0.25, 0.3) is 0 Å². The standard InChI is InChI=1S/C21H23FN4O2/c22-17-4-2-1-3-15(17)20(25-7-9-28-10-8-25)21(27)26-14-5-6-19(26)16-12-23-13-24-18(16)11-14/h1-4,12-14,19-20H,5-11H2. The predicted molar refractivity (Wildman–Crippen MR) is 99.9 cm³/mol. The summed E-state index contributed by atoms with van der Waals surface area (Å²) in [7, 11) is 0. The molecule has 1 aromatic heterocycles. The highest BCUT2D eigenvalue weighted by atomic mass is 19.1. The average Bonchev–Trinajstić information content (AvgIpc) is 3.05. The molecule has 3 unspecified atom stereocenters. The zero-order valence-corrected chi connectivity index (χ0v) is 15.6. The summed E-state index contributed by atoms with van der Waals surface area (Å²) in [4.78, 5) is 26.5. The van der Waals surface area contributed by atoms with Crippen molar-refractivity contribution in [1.82, 2.24) is 19.8 Å². The normalized spacial score (nSPS) is 25.4. The predicted octanol–water partition coefficient (Wildman–Crippen LogP) is 2.28. The van der Waals surface area contributed by atoms with Gasteiger partial charge in [0.2, 0.25) is 5.91 Å². The summed E-state index contributed by atoms with van der Waals surface area (Å²) < 4.78 is 20.2. The summed E-state index contributed by atoms with van der Waals surface area (Å²) in [6.07, 6.45) is 6.00. The minimum atomic E-state index is -0.626. The SMILES string of the molecule is O=C(C(c1ccccc1F)N1CCOCC1)N1C2CCC1c1cncnc1C2. The molecule has 5 rings (SSSR count). The van der Waals surface area contributed by atoms with Gasteiger partial charge in [0.05, 0.1) is 24.9 Å². The molecule has 1 aromatic carbocycles. The first-order valence-corrected chi connectivity index (χ1v) is 9.91. The van der Waals surface area contributed by atoms with Gasteiger partial charge >= 0.3 is 0 Å². The molecule has 7 heteroatoms. The van der Waals surface area contributed by atoms with Crippen LogP contribution in [0.15, 0.2) is 36.8 Å². The fourth-order valence-corrected chi connectivity index (χ4v) is 4.92. The Morgan fingerprint density at radius 2 is 2.04 bits per heavy atom. The summed E-state index contributed by atoms with van der Waals surface area (Å²) in [5, 5.41) is 0. The van der Waals surface area contributed by atoms with E-state index < -0.39 is 6.04 Å². The van der Waals surface area contributed by atoms with Crippen molar-refractivity contribution in [3.8, 4) is 0 Å². The van der Waals surface area contributed by atoms with Gasteiger partial charge in [-0.15, -0.1) is 0 Å². The van der Waals surface area contributed by atoms with Crippen LogP contribution in [0.1, 0.15) is 41.7 Å². The van der Waals surface area contributed by atoms with E-state index in [-0.39, 0.29) is 23.8 Å². The highest BCUT2D eigenvalue weighted by Gasteiger charge is 2.46. The van der Waals surface area contributed by atoms with Crippen LogP contribution in [0.3, 0.4) is 0 Å². The molecule has 2 aromatic rings. The Hall–Kier alpha value is -2.38. The van der Waals surface area contributed by atoms with Gasteiger partial charge in [-0.3, -0.25) is 9.69 Å². The van der Waals surface area contributed by atoms with Crippen molar-refractivity contribution in [1.29, 1.82) is 0 Å². The zero-order chi connectivity index (χ0) is 19.1. The lowest BCUT2D eigenvalue weighted by Crippen LogP contribution is -2.50. The number of hydrogen-bond donors (Lipinski definition) is 0. The molecule has 2 fully saturated rings. The third-order valence-corrected chi connectivity index (χ3v) is 6.22. The van der Waals surface area contributed by atoms with Crippen LogP contribution in [0.5, 0.6) is 0 Å². The van der Waals surface area contributed by atoms with Gasteiger partial charge in [-0.25, -0.2) is 14.4 Å². The van der Waals surface area contributed by atoms with Gasteiger partial charge in [0.1, 0.15) is 18.2 Å². The van der Waals surface area contributed by atoms with E-state index in [1.165, 1.54) is 6.07 Å². The van der Waals surface area contributed by atoms with Gasteiger partial charge in [-0.1, -0.05) is 18.2 Å². The van der Waals surface area contributed by atoms with E-state index in [9.17, 15) is 9.18 Å². The van der Waals surface area contributed by atoms with Crippen molar-refractivity contribution in [2.75, 3.05) is 26.3 Å². The first kappa shape index (κ1) is 17.7. The van der Waals surface area contributed by atoms with E-state index in [2.05, 4.69) is 14.9 Å². The van der Waals surface area contributed by atoms with Gasteiger partial charge in [-0.2, -0.15) is 0 Å². The molecule has 146 valence electrons. The number of hydrogen-bond acceptors (Lipinski definition) is 5. The molecule has 2 saturated heterocycles. The number of nitrogens with zero attached hydrogens (tertiary/aromatic N) is 4. The van der Waals surface area contributed by atoms with E-state index in [0.717, 1.165) is 30.5 Å². The second kappa shape index (κ2) is 7.22. The van der Waals surface area contributed by atoms with E-state index in [1.807, 2.05) is 11.1 Å². The molecule has 2 bridgehead atoms. The minimum Gasteiger partial charge on any atom is -0.379 e. The Labute approximate surface area is 163 Å². The quantitative estimate of drug-likeness (QED) is 0.815. The molecule has 0 aliphatic carbocycles. The van der Waals surface area contributed by atoms with Crippen molar-refractivity contribution in [2.45, 2.75) is 37.4 Å². The van der Waals surface area contributed by atoms with E-state index in [4.69, 9.17) is 4.74 Å². The molecule has 0 radical (unpaired) electrons. The summed E-state index contributed by atoms with van der Waals surface area (Å²) in [6.45, 7) is 2.35. The third-order valence-electron chi connectivity index (χ3n) is 6.22. The third kappa shape index (κ3) is 2.89. The van der Waals surface area contributed by atoms with Crippen LogP contribution >= 0.6 is 0 Å². The fourth-order valence-electron chi connectivity index (χ4n) is 4.92. The van der Waals surface area contributed by atoms with Gasteiger partial charge in [-0.05, 0) is 18.9 Å². The first-order chi connectivity index (χ1) is 13.7. The summed E-state index contributed by atoms with van der Waals surface area (Å²) in [5.41, 5.74) is 2.53. The van der Waals surface area contributed by atoms with E-state index >= 15 is 0 Å². The van der Waals surface area contributed by atoms with Crippen LogP contribution in [0, 0.1) is 5.82 Å². The number of carbonyl (C=O) groups excluding carboxylic acids is 1. The van der Waals surface area contributed by atoms with Crippen LogP contribution in [0.4, 0.5) is 4.39 Å². The Bertz CT molecular complexity index is 886. The molecule has 0 saturated carbocycles. The number of benzene rings is 1. The molecule has 3 atom stereocenters. The van der Waals surface area contributed by atoms with Crippen LogP contribution in [-0.2, 0) is 16.0 Å². The summed E-state index contributed by atoms with van der Waals surface area (Å²) in [6, 6.07) is 6.11. The van der Waals surface area contributed by atoms with Gasteiger partial charge < -0.3 is 9.64 Å². The Balaban J connectivity index is 1.53. The number of carbonyl (C=O) groups is 1. The zero-order valence-electron chi connectivity index (χ0n) is 15.6. The number of ether oxygens (including phenoxy) is 1. The Morgan fingerprint density at radius 1 is 1.21 bits per heavy atom. The number of fused-ring (bicyclic) bond motifs is 4. The number of aromatic nitrogens is 2. The molecule has 3 aliphatic heterocycles. The maximum atomic E-state index is 14.7. The average molecular weight is 382 g/mol.